The molecule has 1 atom stereocenters. The highest BCUT2D eigenvalue weighted by atomic mass is 16.6. The maximum Gasteiger partial charge on any atom is 0.333 e. The largest absolute Gasteiger partial charge is 0.490 e. The molecule has 1 unspecified atom stereocenters. The highest BCUT2D eigenvalue weighted by molar-refractivity contribution is 5.68. The first-order chi connectivity index (χ1) is 8.51. The molecule has 0 fully saturated rings. The van der Waals surface area contributed by atoms with Crippen LogP contribution in [0, 0.1) is 16.0 Å². The number of para-hydroxylation sites is 1. The number of ether oxygens (including phenoxy) is 1. The van der Waals surface area contributed by atoms with E-state index in [1.165, 1.54) is 7.11 Å². The molecule has 6 heteroatoms. The van der Waals surface area contributed by atoms with Crippen molar-refractivity contribution in [2.75, 3.05) is 19.0 Å². The van der Waals surface area contributed by atoms with E-state index in [9.17, 15) is 10.1 Å². The molecular weight excluding hydrogens is 234 g/mol. The number of nitro groups is 1. The zero-order valence-corrected chi connectivity index (χ0v) is 10.8. The fourth-order valence-corrected chi connectivity index (χ4v) is 1.69. The number of benzene rings is 1. The lowest BCUT2D eigenvalue weighted by Gasteiger charge is -2.21. The Bertz CT molecular complexity index is 421. The van der Waals surface area contributed by atoms with Gasteiger partial charge in [0.05, 0.1) is 12.0 Å². The first-order valence-electron chi connectivity index (χ1n) is 5.79. The molecule has 100 valence electrons. The summed E-state index contributed by atoms with van der Waals surface area (Å²) in [5.41, 5.74) is 6.03. The first-order valence-corrected chi connectivity index (χ1v) is 5.79. The summed E-state index contributed by atoms with van der Waals surface area (Å²) >= 11 is 0. The highest BCUT2D eigenvalue weighted by Crippen LogP contribution is 2.35. The predicted octanol–water partition coefficient (Wildman–Crippen LogP) is 2.00. The van der Waals surface area contributed by atoms with Crippen LogP contribution in [0.2, 0.25) is 0 Å². The van der Waals surface area contributed by atoms with E-state index < -0.39 is 4.92 Å². The molecule has 0 heterocycles. The van der Waals surface area contributed by atoms with Crippen molar-refractivity contribution in [2.24, 2.45) is 11.7 Å². The van der Waals surface area contributed by atoms with Gasteiger partial charge >= 0.3 is 5.69 Å². The minimum absolute atomic E-state index is 0.0178. The predicted molar refractivity (Wildman–Crippen MR) is 71.0 cm³/mol. The number of nitro benzene ring substituents is 1. The Balaban J connectivity index is 3.12. The summed E-state index contributed by atoms with van der Waals surface area (Å²) in [5.74, 6) is 0.519. The van der Waals surface area contributed by atoms with Crippen LogP contribution >= 0.6 is 0 Å². The van der Waals surface area contributed by atoms with Gasteiger partial charge in [0.15, 0.2) is 5.75 Å². The van der Waals surface area contributed by atoms with Crippen molar-refractivity contribution in [3.05, 3.63) is 28.3 Å². The number of nitrogens with two attached hydrogens (primary N) is 1. The molecule has 0 aromatic heterocycles. The van der Waals surface area contributed by atoms with Crippen LogP contribution in [0.4, 0.5) is 11.4 Å². The summed E-state index contributed by atoms with van der Waals surface area (Å²) < 4.78 is 5.01. The third kappa shape index (κ3) is 3.10. The van der Waals surface area contributed by atoms with Crippen molar-refractivity contribution in [1.29, 1.82) is 0 Å². The maximum absolute atomic E-state index is 11.1. The van der Waals surface area contributed by atoms with E-state index in [4.69, 9.17) is 10.5 Å². The van der Waals surface area contributed by atoms with Crippen LogP contribution in [0.15, 0.2) is 18.2 Å². The number of nitrogens with zero attached hydrogens (tertiary/aromatic N) is 1. The lowest BCUT2D eigenvalue weighted by Crippen LogP contribution is -2.33. The van der Waals surface area contributed by atoms with Gasteiger partial charge in [0, 0.05) is 12.6 Å². The minimum Gasteiger partial charge on any atom is -0.490 e. The molecule has 0 bridgehead atoms. The van der Waals surface area contributed by atoms with Crippen LogP contribution in [0.3, 0.4) is 0 Å². The number of nitrogens with one attached hydrogen (secondary N) is 1. The number of anilines is 1. The summed E-state index contributed by atoms with van der Waals surface area (Å²) in [7, 11) is 1.41. The van der Waals surface area contributed by atoms with Gasteiger partial charge in [-0.1, -0.05) is 19.9 Å². The van der Waals surface area contributed by atoms with Crippen LogP contribution in [-0.4, -0.2) is 24.6 Å². The maximum atomic E-state index is 11.1. The second kappa shape index (κ2) is 6.20. The van der Waals surface area contributed by atoms with Crippen LogP contribution < -0.4 is 15.8 Å². The molecule has 0 amide bonds. The number of hydrogen-bond donors (Lipinski definition) is 2. The zero-order chi connectivity index (χ0) is 13.7. The zero-order valence-electron chi connectivity index (χ0n) is 10.8. The van der Waals surface area contributed by atoms with E-state index in [1.807, 2.05) is 13.8 Å². The molecule has 1 aromatic rings. The molecule has 6 nitrogen and oxygen atoms in total. The molecule has 1 rings (SSSR count). The quantitative estimate of drug-likeness (QED) is 0.597. The topological polar surface area (TPSA) is 90.4 Å². The lowest BCUT2D eigenvalue weighted by atomic mass is 10.0. The molecule has 0 saturated carbocycles. The van der Waals surface area contributed by atoms with Gasteiger partial charge in [-0.15, -0.1) is 0 Å². The summed E-state index contributed by atoms with van der Waals surface area (Å²) in [5, 5.41) is 14.2. The second-order valence-corrected chi connectivity index (χ2v) is 4.34. The van der Waals surface area contributed by atoms with E-state index in [1.54, 1.807) is 18.2 Å². The Kier molecular flexibility index (Phi) is 4.91. The third-order valence-electron chi connectivity index (χ3n) is 2.80. The molecule has 3 N–H and O–H groups in total. The average Bonchev–Trinajstić information content (AvgIpc) is 2.34. The Morgan fingerprint density at radius 3 is 2.61 bits per heavy atom. The standard InChI is InChI=1S/C12H19N3O3/c1-8(2)10(7-13)14-9-5-4-6-11(18-3)12(9)15(16)17/h4-6,8,10,14H,7,13H2,1-3H3. The Hall–Kier alpha value is -1.82. The van der Waals surface area contributed by atoms with Gasteiger partial charge in [-0.3, -0.25) is 10.1 Å². The van der Waals surface area contributed by atoms with Gasteiger partial charge < -0.3 is 15.8 Å². The second-order valence-electron chi connectivity index (χ2n) is 4.34. The van der Waals surface area contributed by atoms with E-state index in [2.05, 4.69) is 5.32 Å². The van der Waals surface area contributed by atoms with E-state index in [-0.39, 0.29) is 23.4 Å². The summed E-state index contributed by atoms with van der Waals surface area (Å²) in [6.45, 7) is 4.43. The van der Waals surface area contributed by atoms with E-state index in [0.717, 1.165) is 0 Å². The first kappa shape index (κ1) is 14.2. The molecule has 0 spiro atoms. The van der Waals surface area contributed by atoms with Gasteiger partial charge in [0.2, 0.25) is 0 Å². The van der Waals surface area contributed by atoms with Crippen LogP contribution in [-0.2, 0) is 0 Å². The fraction of sp³-hybridized carbons (Fsp3) is 0.500. The Morgan fingerprint density at radius 1 is 1.50 bits per heavy atom. The van der Waals surface area contributed by atoms with Crippen molar-refractivity contribution < 1.29 is 9.66 Å². The van der Waals surface area contributed by atoms with E-state index >= 15 is 0 Å². The van der Waals surface area contributed by atoms with Gasteiger partial charge in [-0.05, 0) is 18.1 Å². The van der Waals surface area contributed by atoms with Crippen molar-refractivity contribution in [3.63, 3.8) is 0 Å². The van der Waals surface area contributed by atoms with Crippen LogP contribution in [0.5, 0.6) is 5.75 Å². The molecule has 1 aromatic carbocycles. The summed E-state index contributed by atoms with van der Waals surface area (Å²) in [6, 6.07) is 4.92. The van der Waals surface area contributed by atoms with Gasteiger partial charge in [-0.25, -0.2) is 0 Å². The summed E-state index contributed by atoms with van der Waals surface area (Å²) in [6.07, 6.45) is 0. The van der Waals surface area contributed by atoms with Crippen molar-refractivity contribution in [1.82, 2.24) is 0 Å². The lowest BCUT2D eigenvalue weighted by molar-refractivity contribution is -0.384. The van der Waals surface area contributed by atoms with Gasteiger partial charge in [0.1, 0.15) is 5.69 Å². The number of methoxy groups -OCH3 is 1. The molecule has 0 aliphatic carbocycles. The van der Waals surface area contributed by atoms with Gasteiger partial charge in [0.25, 0.3) is 0 Å². The van der Waals surface area contributed by atoms with Crippen molar-refractivity contribution in [2.45, 2.75) is 19.9 Å². The van der Waals surface area contributed by atoms with Crippen molar-refractivity contribution in [3.8, 4) is 5.75 Å². The van der Waals surface area contributed by atoms with Crippen LogP contribution in [0.25, 0.3) is 0 Å². The molecule has 0 aliphatic heterocycles. The molecule has 18 heavy (non-hydrogen) atoms. The fourth-order valence-electron chi connectivity index (χ4n) is 1.69. The smallest absolute Gasteiger partial charge is 0.333 e. The molecule has 0 saturated heterocycles. The van der Waals surface area contributed by atoms with E-state index in [0.29, 0.717) is 12.2 Å². The van der Waals surface area contributed by atoms with Crippen molar-refractivity contribution >= 4 is 11.4 Å². The monoisotopic (exact) mass is 253 g/mol. The van der Waals surface area contributed by atoms with Crippen LogP contribution in [0.1, 0.15) is 13.8 Å². The minimum atomic E-state index is -0.449. The van der Waals surface area contributed by atoms with Gasteiger partial charge in [-0.2, -0.15) is 0 Å². The molecule has 0 radical (unpaired) electrons. The highest BCUT2D eigenvalue weighted by Gasteiger charge is 2.23. The third-order valence-corrected chi connectivity index (χ3v) is 2.80. The number of hydrogen-bond acceptors (Lipinski definition) is 5. The number of rotatable bonds is 6. The molecule has 0 aliphatic rings. The SMILES string of the molecule is COc1cccc(NC(CN)C(C)C)c1[N+](=O)[O-]. The average molecular weight is 253 g/mol. The Morgan fingerprint density at radius 2 is 2.17 bits per heavy atom. The molecular formula is C12H19N3O3. The Labute approximate surface area is 106 Å². The normalized spacial score (nSPS) is 12.3. The summed E-state index contributed by atoms with van der Waals surface area (Å²) in [4.78, 5) is 10.6.